The lowest BCUT2D eigenvalue weighted by molar-refractivity contribution is -0.137. The summed E-state index contributed by atoms with van der Waals surface area (Å²) in [5.41, 5.74) is 0.705. The Morgan fingerprint density at radius 2 is 2.09 bits per heavy atom. The smallest absolute Gasteiger partial charge is 0.293 e. The maximum absolute atomic E-state index is 12.8. The molecule has 2 unspecified atom stereocenters. The summed E-state index contributed by atoms with van der Waals surface area (Å²) in [6, 6.07) is 4.76. The van der Waals surface area contributed by atoms with Gasteiger partial charge in [0, 0.05) is 25.3 Å². The summed E-state index contributed by atoms with van der Waals surface area (Å²) in [7, 11) is 1.54. The van der Waals surface area contributed by atoms with Gasteiger partial charge in [-0.2, -0.15) is 0 Å². The summed E-state index contributed by atoms with van der Waals surface area (Å²) in [4.78, 5) is 53.0. The zero-order valence-corrected chi connectivity index (χ0v) is 20.9. The van der Waals surface area contributed by atoms with E-state index in [2.05, 4.69) is 5.32 Å². The number of nitrogens with one attached hydrogen (secondary N) is 1. The molecule has 2 atom stereocenters. The third-order valence-electron chi connectivity index (χ3n) is 6.04. The van der Waals surface area contributed by atoms with E-state index in [1.54, 1.807) is 40.9 Å². The van der Waals surface area contributed by atoms with Gasteiger partial charge >= 0.3 is 0 Å². The average molecular weight is 506 g/mol. The van der Waals surface area contributed by atoms with Crippen LogP contribution in [0.3, 0.4) is 0 Å². The number of methoxy groups -OCH3 is 1. The van der Waals surface area contributed by atoms with Gasteiger partial charge in [-0.3, -0.25) is 24.1 Å². The molecule has 3 aliphatic heterocycles. The fourth-order valence-electron chi connectivity index (χ4n) is 4.32. The van der Waals surface area contributed by atoms with Crippen LogP contribution in [0.15, 0.2) is 23.1 Å². The molecule has 0 bridgehead atoms. The Labute approximate surface area is 206 Å². The third kappa shape index (κ3) is 4.63. The fourth-order valence-corrected chi connectivity index (χ4v) is 6.61. The molecule has 3 saturated heterocycles. The average Bonchev–Trinajstić information content (AvgIpc) is 3.40. The maximum Gasteiger partial charge on any atom is 0.293 e. The Hall–Kier alpha value is -2.66. The van der Waals surface area contributed by atoms with Crippen LogP contribution in [0.4, 0.5) is 4.79 Å². The Bertz CT molecular complexity index is 1060. The minimum atomic E-state index is -0.519. The topological polar surface area (TPSA) is 105 Å². The number of fused-ring (bicyclic) bond motifs is 1. The SMILES string of the molecule is CCOc1ccc(C=C2SC(=O)N(CCNC(=O)C3CSC4(C)CCC(=O)N34)C2=O)cc1OC. The van der Waals surface area contributed by atoms with Gasteiger partial charge in [0.2, 0.25) is 11.8 Å². The van der Waals surface area contributed by atoms with E-state index < -0.39 is 11.9 Å². The second-order valence-electron chi connectivity index (χ2n) is 8.23. The zero-order valence-electron chi connectivity index (χ0n) is 19.3. The molecule has 34 heavy (non-hydrogen) atoms. The lowest BCUT2D eigenvalue weighted by atomic mass is 10.2. The van der Waals surface area contributed by atoms with Gasteiger partial charge in [-0.05, 0) is 55.8 Å². The Morgan fingerprint density at radius 3 is 2.82 bits per heavy atom. The number of nitrogens with zero attached hydrogens (tertiary/aromatic N) is 2. The van der Waals surface area contributed by atoms with Gasteiger partial charge in [0.15, 0.2) is 11.5 Å². The highest BCUT2D eigenvalue weighted by Gasteiger charge is 2.52. The first-order chi connectivity index (χ1) is 16.3. The number of imide groups is 1. The molecule has 182 valence electrons. The van der Waals surface area contributed by atoms with E-state index in [4.69, 9.17) is 9.47 Å². The van der Waals surface area contributed by atoms with Gasteiger partial charge in [0.25, 0.3) is 11.1 Å². The van der Waals surface area contributed by atoms with Crippen molar-refractivity contribution in [1.82, 2.24) is 15.1 Å². The van der Waals surface area contributed by atoms with E-state index in [9.17, 15) is 19.2 Å². The molecule has 1 N–H and O–H groups in total. The highest BCUT2D eigenvalue weighted by Crippen LogP contribution is 2.47. The normalized spacial score (nSPS) is 25.3. The number of benzene rings is 1. The largest absolute Gasteiger partial charge is 0.493 e. The number of hydrogen-bond acceptors (Lipinski definition) is 8. The van der Waals surface area contributed by atoms with Gasteiger partial charge in [0.05, 0.1) is 23.5 Å². The molecule has 3 fully saturated rings. The van der Waals surface area contributed by atoms with Gasteiger partial charge < -0.3 is 19.7 Å². The molecule has 1 aromatic carbocycles. The first kappa shape index (κ1) is 24.5. The van der Waals surface area contributed by atoms with E-state index in [-0.39, 0.29) is 35.0 Å². The van der Waals surface area contributed by atoms with Crippen molar-refractivity contribution in [2.45, 2.75) is 37.6 Å². The van der Waals surface area contributed by atoms with Crippen LogP contribution in [0.5, 0.6) is 11.5 Å². The molecule has 1 aromatic rings. The van der Waals surface area contributed by atoms with Crippen LogP contribution in [0, 0.1) is 0 Å². The number of rotatable bonds is 8. The van der Waals surface area contributed by atoms with E-state index in [1.807, 2.05) is 13.8 Å². The quantitative estimate of drug-likeness (QED) is 0.538. The molecular weight excluding hydrogens is 478 g/mol. The predicted octanol–water partition coefficient (Wildman–Crippen LogP) is 2.70. The molecule has 3 aliphatic rings. The summed E-state index contributed by atoms with van der Waals surface area (Å²) in [6.07, 6.45) is 2.83. The fraction of sp³-hybridized carbons (Fsp3) is 0.478. The summed E-state index contributed by atoms with van der Waals surface area (Å²) in [5, 5.41) is 2.40. The van der Waals surface area contributed by atoms with E-state index in [1.165, 1.54) is 7.11 Å². The van der Waals surface area contributed by atoms with Crippen molar-refractivity contribution in [3.8, 4) is 11.5 Å². The van der Waals surface area contributed by atoms with Gasteiger partial charge in [0.1, 0.15) is 6.04 Å². The monoisotopic (exact) mass is 505 g/mol. The van der Waals surface area contributed by atoms with Gasteiger partial charge in [-0.15, -0.1) is 11.8 Å². The van der Waals surface area contributed by atoms with Crippen LogP contribution < -0.4 is 14.8 Å². The standard InChI is InChI=1S/C23H27N3O6S2/c1-4-32-16-6-5-14(11-17(16)31-3)12-18-21(29)25(22(30)34-18)10-9-24-20(28)15-13-33-23(2)8-7-19(27)26(15)23/h5-6,11-12,15H,4,7-10,13H2,1-3H3,(H,24,28). The molecule has 9 nitrogen and oxygen atoms in total. The van der Waals surface area contributed by atoms with E-state index >= 15 is 0 Å². The lowest BCUT2D eigenvalue weighted by Crippen LogP contribution is -2.51. The second kappa shape index (κ2) is 9.91. The predicted molar refractivity (Wildman–Crippen MR) is 131 cm³/mol. The molecule has 3 heterocycles. The highest BCUT2D eigenvalue weighted by molar-refractivity contribution is 8.18. The highest BCUT2D eigenvalue weighted by atomic mass is 32.2. The van der Waals surface area contributed by atoms with Crippen LogP contribution >= 0.6 is 23.5 Å². The first-order valence-electron chi connectivity index (χ1n) is 11.1. The Morgan fingerprint density at radius 1 is 1.29 bits per heavy atom. The number of amides is 4. The molecular formula is C23H27N3O6S2. The van der Waals surface area contributed by atoms with Crippen molar-refractivity contribution >= 4 is 52.6 Å². The molecule has 11 heteroatoms. The second-order valence-corrected chi connectivity index (χ2v) is 10.7. The Balaban J connectivity index is 1.35. The van der Waals surface area contributed by atoms with E-state index in [0.29, 0.717) is 40.7 Å². The van der Waals surface area contributed by atoms with Crippen molar-refractivity contribution in [2.75, 3.05) is 32.6 Å². The van der Waals surface area contributed by atoms with Crippen LogP contribution in [0.2, 0.25) is 0 Å². The molecule has 4 rings (SSSR count). The number of thioether (sulfide) groups is 2. The number of hydrogen-bond donors (Lipinski definition) is 1. The molecule has 0 spiro atoms. The summed E-state index contributed by atoms with van der Waals surface area (Å²) >= 11 is 2.48. The molecule has 0 saturated carbocycles. The minimum absolute atomic E-state index is 0.00496. The number of ether oxygens (including phenoxy) is 2. The maximum atomic E-state index is 12.8. The van der Waals surface area contributed by atoms with E-state index in [0.717, 1.165) is 23.1 Å². The molecule has 0 aliphatic carbocycles. The third-order valence-corrected chi connectivity index (χ3v) is 8.45. The number of carbonyl (C=O) groups is 4. The van der Waals surface area contributed by atoms with Crippen molar-refractivity contribution in [2.24, 2.45) is 0 Å². The van der Waals surface area contributed by atoms with Gasteiger partial charge in [-0.1, -0.05) is 6.07 Å². The summed E-state index contributed by atoms with van der Waals surface area (Å²) in [6.45, 7) is 4.55. The van der Waals surface area contributed by atoms with Gasteiger partial charge in [-0.25, -0.2) is 0 Å². The van der Waals surface area contributed by atoms with Crippen molar-refractivity contribution in [3.63, 3.8) is 0 Å². The van der Waals surface area contributed by atoms with Crippen LogP contribution in [0.1, 0.15) is 32.3 Å². The summed E-state index contributed by atoms with van der Waals surface area (Å²) < 4.78 is 10.8. The lowest BCUT2D eigenvalue weighted by Gasteiger charge is -2.29. The Kier molecular flexibility index (Phi) is 7.13. The summed E-state index contributed by atoms with van der Waals surface area (Å²) in [5.74, 6) is 1.02. The zero-order chi connectivity index (χ0) is 24.5. The van der Waals surface area contributed by atoms with Crippen LogP contribution in [-0.2, 0) is 14.4 Å². The first-order valence-corrected chi connectivity index (χ1v) is 12.9. The van der Waals surface area contributed by atoms with Crippen molar-refractivity contribution in [1.29, 1.82) is 0 Å². The van der Waals surface area contributed by atoms with Crippen LogP contribution in [-0.4, -0.2) is 76.2 Å². The number of carbonyl (C=O) groups excluding carboxylic acids is 4. The molecule has 0 aromatic heterocycles. The minimum Gasteiger partial charge on any atom is -0.493 e. The molecule has 4 amide bonds. The molecule has 0 radical (unpaired) electrons. The van der Waals surface area contributed by atoms with Crippen LogP contribution in [0.25, 0.3) is 6.08 Å². The van der Waals surface area contributed by atoms with Crippen molar-refractivity contribution in [3.05, 3.63) is 28.7 Å². The van der Waals surface area contributed by atoms with Crippen molar-refractivity contribution < 1.29 is 28.7 Å².